The van der Waals surface area contributed by atoms with Gasteiger partial charge in [0.05, 0.1) is 13.1 Å². The number of benzene rings is 1. The fourth-order valence-electron chi connectivity index (χ4n) is 2.37. The predicted octanol–water partition coefficient (Wildman–Crippen LogP) is 4.03. The number of aromatic nitrogens is 2. The van der Waals surface area contributed by atoms with Gasteiger partial charge in [0, 0.05) is 35.9 Å². The van der Waals surface area contributed by atoms with Gasteiger partial charge in [0.1, 0.15) is 16.6 Å². The molecule has 6 nitrogen and oxygen atoms in total. The second-order valence-electron chi connectivity index (χ2n) is 5.98. The first-order chi connectivity index (χ1) is 13.6. The molecule has 0 spiro atoms. The average molecular weight is 399 g/mol. The van der Waals surface area contributed by atoms with Crippen LogP contribution in [0.5, 0.6) is 11.6 Å². The Morgan fingerprint density at radius 1 is 1.18 bits per heavy atom. The van der Waals surface area contributed by atoms with Gasteiger partial charge in [-0.1, -0.05) is 12.1 Å². The van der Waals surface area contributed by atoms with E-state index in [9.17, 15) is 4.39 Å². The van der Waals surface area contributed by atoms with Crippen LogP contribution in [0.15, 0.2) is 53.8 Å². The van der Waals surface area contributed by atoms with Crippen LogP contribution < -0.4 is 15.4 Å². The van der Waals surface area contributed by atoms with Crippen LogP contribution in [0.4, 0.5) is 4.39 Å². The molecule has 2 aromatic heterocycles. The van der Waals surface area contributed by atoms with Gasteiger partial charge in [0.2, 0.25) is 5.88 Å². The third-order valence-electron chi connectivity index (χ3n) is 3.66. The number of hydrogen-bond donors (Lipinski definition) is 2. The molecule has 0 amide bonds. The third kappa shape index (κ3) is 6.02. The first-order valence-electron chi connectivity index (χ1n) is 8.94. The zero-order chi connectivity index (χ0) is 19.8. The van der Waals surface area contributed by atoms with Crippen LogP contribution in [0, 0.1) is 12.7 Å². The summed E-state index contributed by atoms with van der Waals surface area (Å²) in [5.74, 6) is 1.19. The van der Waals surface area contributed by atoms with E-state index in [-0.39, 0.29) is 5.82 Å². The summed E-state index contributed by atoms with van der Waals surface area (Å²) >= 11 is 1.66. The number of aliphatic imine (C=N–C) groups is 1. The Kier molecular flexibility index (Phi) is 6.91. The van der Waals surface area contributed by atoms with Crippen LogP contribution in [-0.2, 0) is 13.1 Å². The molecule has 0 saturated carbocycles. The molecule has 0 bridgehead atoms. The van der Waals surface area contributed by atoms with E-state index in [0.717, 1.165) is 23.1 Å². The van der Waals surface area contributed by atoms with E-state index in [1.165, 1.54) is 17.0 Å². The number of rotatable bonds is 7. The number of nitrogens with one attached hydrogen (secondary N) is 2. The summed E-state index contributed by atoms with van der Waals surface area (Å²) < 4.78 is 18.8. The van der Waals surface area contributed by atoms with Gasteiger partial charge in [0.25, 0.3) is 0 Å². The highest BCUT2D eigenvalue weighted by molar-refractivity contribution is 7.11. The topological polar surface area (TPSA) is 71.4 Å². The fourth-order valence-corrected chi connectivity index (χ4v) is 3.10. The number of ether oxygens (including phenoxy) is 1. The van der Waals surface area contributed by atoms with Crippen molar-refractivity contribution in [1.29, 1.82) is 0 Å². The van der Waals surface area contributed by atoms with Crippen molar-refractivity contribution in [2.24, 2.45) is 4.99 Å². The van der Waals surface area contributed by atoms with E-state index in [1.54, 1.807) is 35.7 Å². The lowest BCUT2D eigenvalue weighted by Crippen LogP contribution is -2.36. The Labute approximate surface area is 167 Å². The maximum absolute atomic E-state index is 13.2. The molecule has 0 aliphatic heterocycles. The van der Waals surface area contributed by atoms with Crippen molar-refractivity contribution in [2.45, 2.75) is 26.9 Å². The van der Waals surface area contributed by atoms with E-state index in [1.807, 2.05) is 26.1 Å². The van der Waals surface area contributed by atoms with Crippen LogP contribution in [0.3, 0.4) is 0 Å². The average Bonchev–Trinajstić information content (AvgIpc) is 3.10. The quantitative estimate of drug-likeness (QED) is 0.464. The second kappa shape index (κ2) is 9.80. The van der Waals surface area contributed by atoms with Crippen molar-refractivity contribution in [1.82, 2.24) is 20.6 Å². The van der Waals surface area contributed by atoms with Gasteiger partial charge in [-0.25, -0.2) is 19.4 Å². The standard InChI is InChI=1S/C20H22FN5OS/c1-3-22-20(26-13-19-24-10-14(2)28-19)25-12-15-7-8-18(23-11-15)27-17-6-4-5-16(21)9-17/h4-11H,3,12-13H2,1-2H3,(H2,22,25,26). The van der Waals surface area contributed by atoms with Gasteiger partial charge < -0.3 is 15.4 Å². The molecule has 0 unspecified atom stereocenters. The molecule has 0 fully saturated rings. The third-order valence-corrected chi connectivity index (χ3v) is 4.57. The van der Waals surface area contributed by atoms with E-state index >= 15 is 0 Å². The van der Waals surface area contributed by atoms with Crippen molar-refractivity contribution in [3.63, 3.8) is 0 Å². The number of aryl methyl sites for hydroxylation is 1. The molecule has 28 heavy (non-hydrogen) atoms. The molecular formula is C20H22FN5OS. The zero-order valence-electron chi connectivity index (χ0n) is 15.8. The number of pyridine rings is 1. The van der Waals surface area contributed by atoms with Crippen LogP contribution in [0.2, 0.25) is 0 Å². The fraction of sp³-hybridized carbons (Fsp3) is 0.250. The molecule has 0 radical (unpaired) electrons. The number of halogens is 1. The molecule has 0 aliphatic rings. The Bertz CT molecular complexity index is 926. The lowest BCUT2D eigenvalue weighted by molar-refractivity contribution is 0.457. The van der Waals surface area contributed by atoms with E-state index in [4.69, 9.17) is 4.74 Å². The minimum Gasteiger partial charge on any atom is -0.439 e. The SMILES string of the molecule is CCNC(=NCc1ccc(Oc2cccc(F)c2)nc1)NCc1ncc(C)s1. The molecule has 1 aromatic carbocycles. The smallest absolute Gasteiger partial charge is 0.219 e. The molecule has 3 aromatic rings. The van der Waals surface area contributed by atoms with Crippen molar-refractivity contribution < 1.29 is 9.13 Å². The number of thiazole rings is 1. The number of guanidine groups is 1. The number of nitrogens with zero attached hydrogens (tertiary/aromatic N) is 3. The van der Waals surface area contributed by atoms with Crippen molar-refractivity contribution in [2.75, 3.05) is 6.54 Å². The van der Waals surface area contributed by atoms with Gasteiger partial charge in [0.15, 0.2) is 5.96 Å². The Morgan fingerprint density at radius 3 is 2.75 bits per heavy atom. The van der Waals surface area contributed by atoms with E-state index < -0.39 is 0 Å². The van der Waals surface area contributed by atoms with Crippen LogP contribution in [0.25, 0.3) is 0 Å². The maximum atomic E-state index is 13.2. The monoisotopic (exact) mass is 399 g/mol. The molecule has 146 valence electrons. The summed E-state index contributed by atoms with van der Waals surface area (Å²) in [6, 6.07) is 9.59. The normalized spacial score (nSPS) is 11.3. The van der Waals surface area contributed by atoms with Crippen LogP contribution in [0.1, 0.15) is 22.4 Å². The summed E-state index contributed by atoms with van der Waals surface area (Å²) in [7, 11) is 0. The first kappa shape index (κ1) is 19.8. The van der Waals surface area contributed by atoms with Crippen molar-refractivity contribution >= 4 is 17.3 Å². The van der Waals surface area contributed by atoms with Gasteiger partial charge in [-0.05, 0) is 31.5 Å². The highest BCUT2D eigenvalue weighted by Gasteiger charge is 2.03. The minimum atomic E-state index is -0.347. The van der Waals surface area contributed by atoms with E-state index in [2.05, 4.69) is 25.6 Å². The predicted molar refractivity (Wildman–Crippen MR) is 109 cm³/mol. The summed E-state index contributed by atoms with van der Waals surface area (Å²) in [6.07, 6.45) is 3.57. The first-order valence-corrected chi connectivity index (χ1v) is 9.76. The molecule has 3 rings (SSSR count). The molecule has 2 heterocycles. The summed E-state index contributed by atoms with van der Waals surface area (Å²) in [6.45, 7) is 5.92. The highest BCUT2D eigenvalue weighted by atomic mass is 32.1. The maximum Gasteiger partial charge on any atom is 0.219 e. The summed E-state index contributed by atoms with van der Waals surface area (Å²) in [5.41, 5.74) is 0.939. The van der Waals surface area contributed by atoms with Crippen LogP contribution >= 0.6 is 11.3 Å². The Hall–Kier alpha value is -3.00. The van der Waals surface area contributed by atoms with E-state index in [0.29, 0.717) is 24.7 Å². The molecule has 0 aliphatic carbocycles. The summed E-state index contributed by atoms with van der Waals surface area (Å²) in [5, 5.41) is 7.51. The Morgan fingerprint density at radius 2 is 2.07 bits per heavy atom. The Balaban J connectivity index is 1.57. The van der Waals surface area contributed by atoms with Gasteiger partial charge >= 0.3 is 0 Å². The molecule has 8 heteroatoms. The zero-order valence-corrected chi connectivity index (χ0v) is 16.6. The van der Waals surface area contributed by atoms with Crippen molar-refractivity contribution in [3.8, 4) is 11.6 Å². The highest BCUT2D eigenvalue weighted by Crippen LogP contribution is 2.20. The largest absolute Gasteiger partial charge is 0.439 e. The lowest BCUT2D eigenvalue weighted by atomic mass is 10.3. The minimum absolute atomic E-state index is 0.347. The summed E-state index contributed by atoms with van der Waals surface area (Å²) in [4.78, 5) is 14.4. The van der Waals surface area contributed by atoms with Gasteiger partial charge in [-0.3, -0.25) is 0 Å². The second-order valence-corrected chi connectivity index (χ2v) is 7.30. The molecular weight excluding hydrogens is 377 g/mol. The van der Waals surface area contributed by atoms with Crippen molar-refractivity contribution in [3.05, 3.63) is 70.1 Å². The van der Waals surface area contributed by atoms with Gasteiger partial charge in [-0.2, -0.15) is 0 Å². The van der Waals surface area contributed by atoms with Gasteiger partial charge in [-0.15, -0.1) is 11.3 Å². The molecule has 0 atom stereocenters. The number of hydrogen-bond acceptors (Lipinski definition) is 5. The molecule has 0 saturated heterocycles. The lowest BCUT2D eigenvalue weighted by Gasteiger charge is -2.10. The van der Waals surface area contributed by atoms with Crippen LogP contribution in [-0.4, -0.2) is 22.5 Å². The molecule has 2 N–H and O–H groups in total.